The highest BCUT2D eigenvalue weighted by molar-refractivity contribution is 7.89. The van der Waals surface area contributed by atoms with Crippen LogP contribution in [0.1, 0.15) is 32.1 Å². The molecule has 130 valence electrons. The Hall–Kier alpha value is -1.22. The summed E-state index contributed by atoms with van der Waals surface area (Å²) in [5, 5.41) is 10.5. The van der Waals surface area contributed by atoms with Crippen LogP contribution in [0.2, 0.25) is 5.02 Å². The van der Waals surface area contributed by atoms with Crippen molar-refractivity contribution in [2.24, 2.45) is 17.2 Å². The van der Waals surface area contributed by atoms with Gasteiger partial charge in [0.15, 0.2) is 0 Å². The number of nitrogens with two attached hydrogens (primary N) is 1. The quantitative estimate of drug-likeness (QED) is 0.879. The van der Waals surface area contributed by atoms with Crippen molar-refractivity contribution in [3.63, 3.8) is 0 Å². The molecule has 1 fully saturated rings. The predicted molar refractivity (Wildman–Crippen MR) is 95.3 cm³/mol. The third-order valence-electron chi connectivity index (χ3n) is 4.06. The third kappa shape index (κ3) is 3.88. The van der Waals surface area contributed by atoms with Gasteiger partial charge < -0.3 is 0 Å². The Morgan fingerprint density at radius 1 is 1.33 bits per heavy atom. The third-order valence-corrected chi connectivity index (χ3v) is 6.51. The molecule has 0 unspecified atom stereocenters. The number of sulfonamides is 1. The van der Waals surface area contributed by atoms with E-state index in [9.17, 15) is 8.42 Å². The van der Waals surface area contributed by atoms with Gasteiger partial charge in [0, 0.05) is 12.6 Å². The van der Waals surface area contributed by atoms with Crippen LogP contribution in [0.25, 0.3) is 10.6 Å². The number of hydrogen-bond acceptors (Lipinski definition) is 5. The number of aromatic nitrogens is 2. The molecule has 3 rings (SSSR count). The highest BCUT2D eigenvalue weighted by Gasteiger charge is 2.17. The van der Waals surface area contributed by atoms with E-state index < -0.39 is 10.0 Å². The lowest BCUT2D eigenvalue weighted by Crippen LogP contribution is -2.18. The Bertz CT molecular complexity index is 912. The van der Waals surface area contributed by atoms with Crippen LogP contribution in [0, 0.1) is 0 Å². The van der Waals surface area contributed by atoms with Crippen LogP contribution in [0.4, 0.5) is 0 Å². The van der Waals surface area contributed by atoms with Gasteiger partial charge in [0.2, 0.25) is 14.8 Å². The van der Waals surface area contributed by atoms with E-state index in [4.69, 9.17) is 21.7 Å². The number of rotatable bonds is 3. The highest BCUT2D eigenvalue weighted by Crippen LogP contribution is 2.28. The van der Waals surface area contributed by atoms with Crippen LogP contribution < -0.4 is 9.94 Å². The molecule has 2 N–H and O–H groups in total. The zero-order chi connectivity index (χ0) is 17.3. The standard InChI is InChI=1S/C15H19ClN4O2S2/c1-20-15(18-11-5-3-2-4-6-11)23-14(19-20)10-7-8-12(16)13(9-10)24(17,21)22/h7-9,11H,2-6H2,1H3,(H2,17,21,22). The molecule has 0 radical (unpaired) electrons. The fraction of sp³-hybridized carbons (Fsp3) is 0.467. The Kier molecular flexibility index (Phi) is 5.10. The highest BCUT2D eigenvalue weighted by atomic mass is 35.5. The van der Waals surface area contributed by atoms with Crippen molar-refractivity contribution in [1.29, 1.82) is 0 Å². The van der Waals surface area contributed by atoms with Gasteiger partial charge in [0.1, 0.15) is 9.90 Å². The minimum atomic E-state index is -3.88. The van der Waals surface area contributed by atoms with Gasteiger partial charge in [-0.1, -0.05) is 48.3 Å². The van der Waals surface area contributed by atoms with E-state index in [-0.39, 0.29) is 9.92 Å². The van der Waals surface area contributed by atoms with Crippen molar-refractivity contribution in [1.82, 2.24) is 9.78 Å². The molecule has 0 saturated heterocycles. The molecular formula is C15H19ClN4O2S2. The number of primary sulfonamides is 1. The molecule has 9 heteroatoms. The zero-order valence-corrected chi connectivity index (χ0v) is 15.7. The second-order valence-corrected chi connectivity index (χ2v) is 8.82. The number of nitrogens with zero attached hydrogens (tertiary/aromatic N) is 3. The molecule has 1 heterocycles. The molecule has 0 amide bonds. The van der Waals surface area contributed by atoms with E-state index in [0.717, 1.165) is 17.6 Å². The average Bonchev–Trinajstić information content (AvgIpc) is 2.88. The number of benzene rings is 1. The van der Waals surface area contributed by atoms with E-state index in [2.05, 4.69) is 5.10 Å². The van der Waals surface area contributed by atoms with E-state index in [1.165, 1.54) is 42.7 Å². The van der Waals surface area contributed by atoms with Crippen molar-refractivity contribution in [3.8, 4) is 10.6 Å². The first-order chi connectivity index (χ1) is 11.3. The normalized spacial score (nSPS) is 17.4. The minimum Gasteiger partial charge on any atom is -0.254 e. The largest absolute Gasteiger partial charge is 0.254 e. The lowest BCUT2D eigenvalue weighted by Gasteiger charge is -2.16. The predicted octanol–water partition coefficient (Wildman–Crippen LogP) is 2.68. The SMILES string of the molecule is Cn1nc(-c2ccc(Cl)c(S(N)(=O)=O)c2)sc1=NC1CCCCC1. The molecule has 1 aromatic heterocycles. The maximum absolute atomic E-state index is 11.6. The van der Waals surface area contributed by atoms with Gasteiger partial charge in [0.25, 0.3) is 0 Å². The molecule has 1 saturated carbocycles. The van der Waals surface area contributed by atoms with Gasteiger partial charge in [-0.3, -0.25) is 4.99 Å². The van der Waals surface area contributed by atoms with Gasteiger partial charge in [-0.15, -0.1) is 0 Å². The number of halogens is 1. The monoisotopic (exact) mass is 386 g/mol. The van der Waals surface area contributed by atoms with E-state index >= 15 is 0 Å². The maximum Gasteiger partial charge on any atom is 0.239 e. The Balaban J connectivity index is 1.99. The smallest absolute Gasteiger partial charge is 0.239 e. The molecular weight excluding hydrogens is 368 g/mol. The first-order valence-electron chi connectivity index (χ1n) is 7.75. The summed E-state index contributed by atoms with van der Waals surface area (Å²) in [5.74, 6) is 0. The second-order valence-electron chi connectivity index (χ2n) is 5.92. The molecule has 1 aromatic carbocycles. The summed E-state index contributed by atoms with van der Waals surface area (Å²) in [4.78, 5) is 5.55. The molecule has 2 aromatic rings. The van der Waals surface area contributed by atoms with Crippen LogP contribution in [0.15, 0.2) is 28.1 Å². The summed E-state index contributed by atoms with van der Waals surface area (Å²) in [6.45, 7) is 0. The fourth-order valence-corrected chi connectivity index (χ4v) is 4.83. The van der Waals surface area contributed by atoms with E-state index in [0.29, 0.717) is 16.6 Å². The molecule has 0 atom stereocenters. The van der Waals surface area contributed by atoms with Gasteiger partial charge in [0.05, 0.1) is 11.1 Å². The molecule has 24 heavy (non-hydrogen) atoms. The molecule has 0 spiro atoms. The zero-order valence-electron chi connectivity index (χ0n) is 13.3. The van der Waals surface area contributed by atoms with Gasteiger partial charge in [-0.2, -0.15) is 5.10 Å². The molecule has 1 aliphatic carbocycles. The van der Waals surface area contributed by atoms with Crippen molar-refractivity contribution >= 4 is 33.0 Å². The van der Waals surface area contributed by atoms with Gasteiger partial charge in [-0.05, 0) is 25.0 Å². The Morgan fingerprint density at radius 3 is 2.71 bits per heavy atom. The summed E-state index contributed by atoms with van der Waals surface area (Å²) in [6.07, 6.45) is 5.96. The Morgan fingerprint density at radius 2 is 2.04 bits per heavy atom. The molecule has 6 nitrogen and oxygen atoms in total. The van der Waals surface area contributed by atoms with Gasteiger partial charge >= 0.3 is 0 Å². The summed E-state index contributed by atoms with van der Waals surface area (Å²) in [5.41, 5.74) is 0.661. The van der Waals surface area contributed by atoms with Crippen LogP contribution in [-0.2, 0) is 17.1 Å². The second kappa shape index (κ2) is 6.95. The summed E-state index contributed by atoms with van der Waals surface area (Å²) >= 11 is 7.37. The van der Waals surface area contributed by atoms with Gasteiger partial charge in [-0.25, -0.2) is 18.2 Å². The fourth-order valence-electron chi connectivity index (χ4n) is 2.80. The van der Waals surface area contributed by atoms with Crippen molar-refractivity contribution in [3.05, 3.63) is 28.0 Å². The van der Waals surface area contributed by atoms with Crippen molar-refractivity contribution in [2.75, 3.05) is 0 Å². The topological polar surface area (TPSA) is 90.3 Å². The minimum absolute atomic E-state index is 0.0923. The van der Waals surface area contributed by atoms with Crippen molar-refractivity contribution < 1.29 is 8.42 Å². The number of aryl methyl sites for hydroxylation is 1. The van der Waals surface area contributed by atoms with E-state index in [1.807, 2.05) is 7.05 Å². The molecule has 0 aliphatic heterocycles. The van der Waals surface area contributed by atoms with Crippen LogP contribution in [-0.4, -0.2) is 24.2 Å². The first-order valence-corrected chi connectivity index (χ1v) is 10.5. The maximum atomic E-state index is 11.6. The summed E-state index contributed by atoms with van der Waals surface area (Å²) < 4.78 is 25.0. The Labute approximate surface area is 150 Å². The lowest BCUT2D eigenvalue weighted by atomic mass is 9.96. The summed E-state index contributed by atoms with van der Waals surface area (Å²) in [7, 11) is -2.03. The van der Waals surface area contributed by atoms with E-state index in [1.54, 1.807) is 10.7 Å². The van der Waals surface area contributed by atoms with Crippen LogP contribution >= 0.6 is 22.9 Å². The van der Waals surface area contributed by atoms with Crippen LogP contribution in [0.5, 0.6) is 0 Å². The molecule has 0 bridgehead atoms. The number of hydrogen-bond donors (Lipinski definition) is 1. The lowest BCUT2D eigenvalue weighted by molar-refractivity contribution is 0.434. The van der Waals surface area contributed by atoms with Crippen LogP contribution in [0.3, 0.4) is 0 Å². The molecule has 1 aliphatic rings. The van der Waals surface area contributed by atoms with Crippen molar-refractivity contribution in [2.45, 2.75) is 43.0 Å². The summed E-state index contributed by atoms with van der Waals surface area (Å²) in [6, 6.07) is 5.07. The average molecular weight is 387 g/mol. The first kappa shape index (κ1) is 17.6.